The Morgan fingerprint density at radius 3 is 2.50 bits per heavy atom. The predicted octanol–water partition coefficient (Wildman–Crippen LogP) is 1.81. The van der Waals surface area contributed by atoms with E-state index < -0.39 is 23.3 Å². The molecule has 88 valence electrons. The number of Topliss-reactive ketones (excluding diaryl/α,β-unsaturated/α-hetero) is 1. The van der Waals surface area contributed by atoms with Crippen molar-refractivity contribution in [3.63, 3.8) is 0 Å². The number of benzene rings is 1. The smallest absolute Gasteiger partial charge is 0.416 e. The molecule has 0 amide bonds. The minimum absolute atomic E-state index is 0.0427. The highest BCUT2D eigenvalue weighted by Gasteiger charge is 2.31. The fourth-order valence-electron chi connectivity index (χ4n) is 1.20. The SMILES string of the molecule is CNCC(=O)c1ccc(C(F)(F)F)cc1O. The Morgan fingerprint density at radius 2 is 2.06 bits per heavy atom. The molecule has 16 heavy (non-hydrogen) atoms. The largest absolute Gasteiger partial charge is 0.507 e. The van der Waals surface area contributed by atoms with Crippen LogP contribution >= 0.6 is 0 Å². The monoisotopic (exact) mass is 233 g/mol. The van der Waals surface area contributed by atoms with Crippen molar-refractivity contribution in [3.8, 4) is 5.75 Å². The second-order valence-corrected chi connectivity index (χ2v) is 3.18. The van der Waals surface area contributed by atoms with Crippen LogP contribution in [0.3, 0.4) is 0 Å². The summed E-state index contributed by atoms with van der Waals surface area (Å²) < 4.78 is 36.7. The zero-order valence-corrected chi connectivity index (χ0v) is 8.43. The zero-order valence-electron chi connectivity index (χ0n) is 8.43. The van der Waals surface area contributed by atoms with Crippen molar-refractivity contribution >= 4 is 5.78 Å². The Balaban J connectivity index is 3.05. The molecule has 6 heteroatoms. The third-order valence-electron chi connectivity index (χ3n) is 1.96. The van der Waals surface area contributed by atoms with Crippen molar-refractivity contribution in [2.75, 3.05) is 13.6 Å². The van der Waals surface area contributed by atoms with Gasteiger partial charge in [-0.2, -0.15) is 13.2 Å². The first kappa shape index (κ1) is 12.5. The Labute approximate surface area is 89.9 Å². The zero-order chi connectivity index (χ0) is 12.3. The van der Waals surface area contributed by atoms with Crippen LogP contribution in [-0.2, 0) is 6.18 Å². The van der Waals surface area contributed by atoms with Crippen LogP contribution < -0.4 is 5.32 Å². The van der Waals surface area contributed by atoms with Gasteiger partial charge in [-0.05, 0) is 25.2 Å². The lowest BCUT2D eigenvalue weighted by molar-refractivity contribution is -0.137. The number of halogens is 3. The van der Waals surface area contributed by atoms with Crippen LogP contribution in [0.1, 0.15) is 15.9 Å². The maximum Gasteiger partial charge on any atom is 0.416 e. The highest BCUT2D eigenvalue weighted by atomic mass is 19.4. The summed E-state index contributed by atoms with van der Waals surface area (Å²) in [6.07, 6.45) is -4.53. The van der Waals surface area contributed by atoms with Gasteiger partial charge in [-0.1, -0.05) is 0 Å². The number of hydrogen-bond donors (Lipinski definition) is 2. The van der Waals surface area contributed by atoms with Crippen LogP contribution in [0.4, 0.5) is 13.2 Å². The molecule has 2 N–H and O–H groups in total. The fourth-order valence-corrected chi connectivity index (χ4v) is 1.20. The number of likely N-dealkylation sites (N-methyl/N-ethyl adjacent to an activating group) is 1. The molecule has 0 saturated heterocycles. The minimum atomic E-state index is -4.53. The molecule has 0 atom stereocenters. The summed E-state index contributed by atoms with van der Waals surface area (Å²) >= 11 is 0. The average molecular weight is 233 g/mol. The van der Waals surface area contributed by atoms with Crippen LogP contribution in [-0.4, -0.2) is 24.5 Å². The van der Waals surface area contributed by atoms with E-state index >= 15 is 0 Å². The van der Waals surface area contributed by atoms with E-state index in [1.807, 2.05) is 0 Å². The molecule has 0 unspecified atom stereocenters. The van der Waals surface area contributed by atoms with E-state index in [1.165, 1.54) is 7.05 Å². The lowest BCUT2D eigenvalue weighted by Crippen LogP contribution is -2.18. The van der Waals surface area contributed by atoms with E-state index in [-0.39, 0.29) is 12.1 Å². The third-order valence-corrected chi connectivity index (χ3v) is 1.96. The summed E-state index contributed by atoms with van der Waals surface area (Å²) in [6.45, 7) is -0.0427. The Morgan fingerprint density at radius 1 is 1.44 bits per heavy atom. The molecule has 1 rings (SSSR count). The molecule has 0 bridgehead atoms. The molecular formula is C10H10F3NO2. The molecule has 0 spiro atoms. The molecule has 0 heterocycles. The van der Waals surface area contributed by atoms with Crippen molar-refractivity contribution in [1.29, 1.82) is 0 Å². The van der Waals surface area contributed by atoms with Gasteiger partial charge in [-0.25, -0.2) is 0 Å². The van der Waals surface area contributed by atoms with Crippen LogP contribution in [0.5, 0.6) is 5.75 Å². The highest BCUT2D eigenvalue weighted by molar-refractivity contribution is 6.00. The lowest BCUT2D eigenvalue weighted by Gasteiger charge is -2.09. The molecule has 0 aliphatic carbocycles. The quantitative estimate of drug-likeness (QED) is 0.783. The summed E-state index contributed by atoms with van der Waals surface area (Å²) in [6, 6.07) is 2.28. The minimum Gasteiger partial charge on any atom is -0.507 e. The molecule has 1 aromatic rings. The average Bonchev–Trinajstić information content (AvgIpc) is 2.16. The molecule has 1 aromatic carbocycles. The van der Waals surface area contributed by atoms with Gasteiger partial charge in [0.1, 0.15) is 5.75 Å². The van der Waals surface area contributed by atoms with Crippen LogP contribution in [0, 0.1) is 0 Å². The Kier molecular flexibility index (Phi) is 3.54. The first-order valence-electron chi connectivity index (χ1n) is 4.44. The van der Waals surface area contributed by atoms with Gasteiger partial charge in [0.15, 0.2) is 5.78 Å². The number of phenols is 1. The summed E-state index contributed by atoms with van der Waals surface area (Å²) in [5.74, 6) is -1.12. The van der Waals surface area contributed by atoms with Crippen molar-refractivity contribution < 1.29 is 23.1 Å². The van der Waals surface area contributed by atoms with Gasteiger partial charge in [-0.3, -0.25) is 4.79 Å². The first-order valence-corrected chi connectivity index (χ1v) is 4.44. The number of ketones is 1. The van der Waals surface area contributed by atoms with Gasteiger partial charge in [0.25, 0.3) is 0 Å². The van der Waals surface area contributed by atoms with Gasteiger partial charge >= 0.3 is 6.18 Å². The molecule has 0 saturated carbocycles. The molecule has 0 aliphatic heterocycles. The van der Waals surface area contributed by atoms with E-state index in [4.69, 9.17) is 0 Å². The van der Waals surface area contributed by atoms with Crippen LogP contribution in [0.15, 0.2) is 18.2 Å². The third kappa shape index (κ3) is 2.73. The molecule has 0 radical (unpaired) electrons. The Bertz CT molecular complexity index is 402. The number of rotatable bonds is 3. The normalized spacial score (nSPS) is 11.5. The summed E-state index contributed by atoms with van der Waals surface area (Å²) in [5, 5.41) is 11.9. The second-order valence-electron chi connectivity index (χ2n) is 3.18. The molecule has 3 nitrogen and oxygen atoms in total. The molecular weight excluding hydrogens is 223 g/mol. The van der Waals surface area contributed by atoms with Crippen molar-refractivity contribution in [2.24, 2.45) is 0 Å². The lowest BCUT2D eigenvalue weighted by atomic mass is 10.1. The molecule has 0 fully saturated rings. The number of phenolic OH excluding ortho intramolecular Hbond substituents is 1. The maximum absolute atomic E-state index is 12.2. The molecule has 0 aromatic heterocycles. The summed E-state index contributed by atoms with van der Waals surface area (Å²) in [4.78, 5) is 11.3. The van der Waals surface area contributed by atoms with E-state index in [1.54, 1.807) is 0 Å². The van der Waals surface area contributed by atoms with Gasteiger partial charge < -0.3 is 10.4 Å². The van der Waals surface area contributed by atoms with Crippen LogP contribution in [0.25, 0.3) is 0 Å². The molecule has 0 aliphatic rings. The van der Waals surface area contributed by atoms with E-state index in [0.29, 0.717) is 6.07 Å². The van der Waals surface area contributed by atoms with Gasteiger partial charge in [0.2, 0.25) is 0 Å². The van der Waals surface area contributed by atoms with Crippen molar-refractivity contribution in [2.45, 2.75) is 6.18 Å². The first-order chi connectivity index (χ1) is 7.36. The predicted molar refractivity (Wildman–Crippen MR) is 51.4 cm³/mol. The summed E-state index contributed by atoms with van der Waals surface area (Å²) in [5.41, 5.74) is -1.10. The van der Waals surface area contributed by atoms with Gasteiger partial charge in [0, 0.05) is 0 Å². The topological polar surface area (TPSA) is 49.3 Å². The van der Waals surface area contributed by atoms with E-state index in [2.05, 4.69) is 5.32 Å². The standard InChI is InChI=1S/C10H10F3NO2/c1-14-5-9(16)7-3-2-6(4-8(7)15)10(11,12)13/h2-4,14-15H,5H2,1H3. The van der Waals surface area contributed by atoms with Gasteiger partial charge in [-0.15, -0.1) is 0 Å². The number of aromatic hydroxyl groups is 1. The Hall–Kier alpha value is -1.56. The van der Waals surface area contributed by atoms with Crippen molar-refractivity contribution in [1.82, 2.24) is 5.32 Å². The number of carbonyl (C=O) groups is 1. The highest BCUT2D eigenvalue weighted by Crippen LogP contribution is 2.32. The van der Waals surface area contributed by atoms with E-state index in [9.17, 15) is 23.1 Å². The maximum atomic E-state index is 12.2. The van der Waals surface area contributed by atoms with Gasteiger partial charge in [0.05, 0.1) is 17.7 Å². The number of hydrogen-bond acceptors (Lipinski definition) is 3. The summed E-state index contributed by atoms with van der Waals surface area (Å²) in [7, 11) is 1.53. The fraction of sp³-hybridized carbons (Fsp3) is 0.300. The number of carbonyl (C=O) groups excluding carboxylic acids is 1. The van der Waals surface area contributed by atoms with Crippen molar-refractivity contribution in [3.05, 3.63) is 29.3 Å². The van der Waals surface area contributed by atoms with Crippen LogP contribution in [0.2, 0.25) is 0 Å². The second kappa shape index (κ2) is 4.52. The number of alkyl halides is 3. The van der Waals surface area contributed by atoms with E-state index in [0.717, 1.165) is 12.1 Å². The number of nitrogens with one attached hydrogen (secondary N) is 1.